The Morgan fingerprint density at radius 3 is 2.08 bits per heavy atom. The average molecular weight is 492 g/mol. The Bertz CT molecular complexity index is 1830. The lowest BCUT2D eigenvalue weighted by Crippen LogP contribution is -2.04. The number of phenolic OH excluding ortho intramolecular Hbond substituents is 3. The topological polar surface area (TPSA) is 121 Å². The third kappa shape index (κ3) is 4.78. The van der Waals surface area contributed by atoms with Gasteiger partial charge in [0.2, 0.25) is 5.43 Å². The molecular formula is C30H20O7. The third-order valence-electron chi connectivity index (χ3n) is 5.71. The van der Waals surface area contributed by atoms with Crippen molar-refractivity contribution < 1.29 is 24.2 Å². The molecule has 7 nitrogen and oxygen atoms in total. The van der Waals surface area contributed by atoms with Crippen LogP contribution >= 0.6 is 0 Å². The maximum Gasteiger partial charge on any atom is 0.204 e. The molecule has 0 aliphatic rings. The van der Waals surface area contributed by atoms with Crippen LogP contribution in [0.3, 0.4) is 0 Å². The Morgan fingerprint density at radius 2 is 1.32 bits per heavy atom. The fraction of sp³-hybridized carbons (Fsp3) is 0. The molecule has 0 saturated heterocycles. The molecule has 182 valence electrons. The molecular weight excluding hydrogens is 472 g/mol. The fourth-order valence-corrected chi connectivity index (χ4v) is 3.91. The van der Waals surface area contributed by atoms with E-state index in [1.54, 1.807) is 18.2 Å². The summed E-state index contributed by atoms with van der Waals surface area (Å²) in [4.78, 5) is 24.3. The minimum absolute atomic E-state index is 0.00775. The van der Waals surface area contributed by atoms with Crippen molar-refractivity contribution in [2.24, 2.45) is 0 Å². The quantitative estimate of drug-likeness (QED) is 0.270. The van der Waals surface area contributed by atoms with Crippen molar-refractivity contribution in [2.75, 3.05) is 0 Å². The van der Waals surface area contributed by atoms with Gasteiger partial charge in [-0.2, -0.15) is 0 Å². The van der Waals surface area contributed by atoms with Crippen molar-refractivity contribution in [1.82, 2.24) is 0 Å². The highest BCUT2D eigenvalue weighted by molar-refractivity contribution is 5.88. The highest BCUT2D eigenvalue weighted by Gasteiger charge is 2.13. The fourth-order valence-electron chi connectivity index (χ4n) is 3.91. The summed E-state index contributed by atoms with van der Waals surface area (Å²) in [6.45, 7) is 0. The van der Waals surface area contributed by atoms with Crippen LogP contribution in [-0.4, -0.2) is 15.3 Å². The number of fused-ring (bicyclic) bond motifs is 2. The molecule has 2 heterocycles. The molecule has 0 aliphatic carbocycles. The standard InChI is InChI=1S/C15H10O5.C15H10O2/c16-9-3-1-8(2-4-9)11-7-20-13-6-10(17)5-12(18)14(13)15(11)19;16-13-10-15(11-6-2-1-3-7-11)17-14-9-5-4-8-12(13)14/h1-7,16-18H;1-10H. The Morgan fingerprint density at radius 1 is 0.622 bits per heavy atom. The van der Waals surface area contributed by atoms with Crippen molar-refractivity contribution in [3.63, 3.8) is 0 Å². The van der Waals surface area contributed by atoms with E-state index in [1.807, 2.05) is 48.5 Å². The van der Waals surface area contributed by atoms with Gasteiger partial charge in [-0.3, -0.25) is 9.59 Å². The summed E-state index contributed by atoms with van der Waals surface area (Å²) in [6, 6.07) is 26.8. The lowest BCUT2D eigenvalue weighted by molar-refractivity contribution is 0.452. The Labute approximate surface area is 209 Å². The van der Waals surface area contributed by atoms with Gasteiger partial charge in [0.1, 0.15) is 45.8 Å². The zero-order valence-corrected chi connectivity index (χ0v) is 19.3. The largest absolute Gasteiger partial charge is 0.508 e. The second kappa shape index (κ2) is 9.75. The minimum Gasteiger partial charge on any atom is -0.508 e. The van der Waals surface area contributed by atoms with E-state index in [0.717, 1.165) is 11.6 Å². The molecule has 0 saturated carbocycles. The Balaban J connectivity index is 0.000000153. The molecule has 0 spiro atoms. The molecule has 37 heavy (non-hydrogen) atoms. The first-order valence-corrected chi connectivity index (χ1v) is 11.3. The molecule has 4 aromatic carbocycles. The van der Waals surface area contributed by atoms with Gasteiger partial charge in [0, 0.05) is 23.8 Å². The second-order valence-corrected chi connectivity index (χ2v) is 8.20. The van der Waals surface area contributed by atoms with Crippen molar-refractivity contribution in [2.45, 2.75) is 0 Å². The SMILES string of the molecule is O=c1c(-c2ccc(O)cc2)coc2cc(O)cc(O)c12.O=c1cc(-c2ccccc2)oc2ccccc12. The van der Waals surface area contributed by atoms with Crippen molar-refractivity contribution in [1.29, 1.82) is 0 Å². The molecule has 7 heteroatoms. The van der Waals surface area contributed by atoms with Crippen LogP contribution in [0.4, 0.5) is 0 Å². The van der Waals surface area contributed by atoms with E-state index in [2.05, 4.69) is 0 Å². The van der Waals surface area contributed by atoms with Gasteiger partial charge in [-0.1, -0.05) is 54.6 Å². The van der Waals surface area contributed by atoms with E-state index in [9.17, 15) is 24.9 Å². The van der Waals surface area contributed by atoms with Crippen molar-refractivity contribution in [3.8, 4) is 39.7 Å². The number of hydrogen-bond acceptors (Lipinski definition) is 7. The summed E-state index contributed by atoms with van der Waals surface area (Å²) in [5.41, 5.74) is 2.05. The minimum atomic E-state index is -0.408. The Hall–Kier alpha value is -5.30. The van der Waals surface area contributed by atoms with Gasteiger partial charge in [0.05, 0.1) is 10.9 Å². The number of phenols is 3. The second-order valence-electron chi connectivity index (χ2n) is 8.20. The van der Waals surface area contributed by atoms with Gasteiger partial charge in [-0.25, -0.2) is 0 Å². The highest BCUT2D eigenvalue weighted by Crippen LogP contribution is 2.30. The van der Waals surface area contributed by atoms with Gasteiger partial charge in [-0.05, 0) is 29.8 Å². The van der Waals surface area contributed by atoms with Gasteiger partial charge in [0.25, 0.3) is 0 Å². The predicted molar refractivity (Wildman–Crippen MR) is 141 cm³/mol. The summed E-state index contributed by atoms with van der Waals surface area (Å²) >= 11 is 0. The molecule has 0 bridgehead atoms. The van der Waals surface area contributed by atoms with Crippen molar-refractivity contribution >= 4 is 21.9 Å². The van der Waals surface area contributed by atoms with Gasteiger partial charge in [-0.15, -0.1) is 0 Å². The highest BCUT2D eigenvalue weighted by atomic mass is 16.3. The number of benzene rings is 4. The average Bonchev–Trinajstić information content (AvgIpc) is 2.90. The van der Waals surface area contributed by atoms with Crippen LogP contribution in [-0.2, 0) is 0 Å². The Kier molecular flexibility index (Phi) is 6.18. The van der Waals surface area contributed by atoms with E-state index >= 15 is 0 Å². The molecule has 6 aromatic rings. The predicted octanol–water partition coefficient (Wildman–Crippen LogP) is 6.04. The summed E-state index contributed by atoms with van der Waals surface area (Å²) in [6.07, 6.45) is 1.26. The molecule has 6 rings (SSSR count). The lowest BCUT2D eigenvalue weighted by atomic mass is 10.0. The maximum atomic E-state index is 12.4. The molecule has 0 unspecified atom stereocenters. The number of hydrogen-bond donors (Lipinski definition) is 3. The maximum absolute atomic E-state index is 12.4. The smallest absolute Gasteiger partial charge is 0.204 e. The number of para-hydroxylation sites is 1. The molecule has 0 aliphatic heterocycles. The van der Waals surface area contributed by atoms with Crippen LogP contribution in [0.25, 0.3) is 44.4 Å². The van der Waals surface area contributed by atoms with E-state index in [4.69, 9.17) is 8.83 Å². The van der Waals surface area contributed by atoms with Crippen LogP contribution in [0, 0.1) is 0 Å². The lowest BCUT2D eigenvalue weighted by Gasteiger charge is -2.05. The molecule has 0 atom stereocenters. The van der Waals surface area contributed by atoms with Gasteiger partial charge < -0.3 is 24.2 Å². The summed E-state index contributed by atoms with van der Waals surface area (Å²) in [5.74, 6) is 0.172. The van der Waals surface area contributed by atoms with Crippen molar-refractivity contribution in [3.05, 3.63) is 124 Å². The van der Waals surface area contributed by atoms with E-state index in [-0.39, 0.29) is 39.2 Å². The number of rotatable bonds is 2. The zero-order chi connectivity index (χ0) is 25.9. The zero-order valence-electron chi connectivity index (χ0n) is 19.3. The summed E-state index contributed by atoms with van der Waals surface area (Å²) in [7, 11) is 0. The third-order valence-corrected chi connectivity index (χ3v) is 5.71. The van der Waals surface area contributed by atoms with E-state index < -0.39 is 5.43 Å². The first-order valence-electron chi connectivity index (χ1n) is 11.3. The van der Waals surface area contributed by atoms with Crippen LogP contribution in [0.15, 0.2) is 122 Å². The summed E-state index contributed by atoms with van der Waals surface area (Å²) < 4.78 is 11.0. The van der Waals surface area contributed by atoms with E-state index in [1.165, 1.54) is 30.5 Å². The molecule has 2 aromatic heterocycles. The first-order chi connectivity index (χ1) is 17.9. The molecule has 0 amide bonds. The van der Waals surface area contributed by atoms with Gasteiger partial charge in [0.15, 0.2) is 5.43 Å². The van der Waals surface area contributed by atoms with Crippen LogP contribution in [0.5, 0.6) is 17.2 Å². The summed E-state index contributed by atoms with van der Waals surface area (Å²) in [5, 5.41) is 29.0. The number of aromatic hydroxyl groups is 3. The molecule has 0 radical (unpaired) electrons. The van der Waals surface area contributed by atoms with Crippen LogP contribution < -0.4 is 10.9 Å². The van der Waals surface area contributed by atoms with Gasteiger partial charge >= 0.3 is 0 Å². The molecule has 3 N–H and O–H groups in total. The van der Waals surface area contributed by atoms with Crippen LogP contribution in [0.2, 0.25) is 0 Å². The normalized spacial score (nSPS) is 10.7. The first kappa shape index (κ1) is 23.4. The monoisotopic (exact) mass is 492 g/mol. The van der Waals surface area contributed by atoms with E-state index in [0.29, 0.717) is 22.3 Å². The van der Waals surface area contributed by atoms with Crippen LogP contribution in [0.1, 0.15) is 0 Å². The molecule has 0 fully saturated rings.